The number of nitrogens with zero attached hydrogens (tertiary/aromatic N) is 1. The van der Waals surface area contributed by atoms with Crippen molar-refractivity contribution in [2.24, 2.45) is 10.7 Å². The Morgan fingerprint density at radius 1 is 1.30 bits per heavy atom. The van der Waals surface area contributed by atoms with E-state index in [-0.39, 0.29) is 17.4 Å². The maximum absolute atomic E-state index is 13.9. The van der Waals surface area contributed by atoms with E-state index >= 15 is 0 Å². The summed E-state index contributed by atoms with van der Waals surface area (Å²) in [4.78, 5) is 4.61. The van der Waals surface area contributed by atoms with Crippen LogP contribution in [0.4, 0.5) is 4.39 Å². The zero-order valence-electron chi connectivity index (χ0n) is 12.0. The third-order valence-corrected chi connectivity index (χ3v) is 3.42. The van der Waals surface area contributed by atoms with Crippen molar-refractivity contribution >= 4 is 11.4 Å². The minimum Gasteiger partial charge on any atom is -0.508 e. The predicted octanol–water partition coefficient (Wildman–Crippen LogP) is 3.62. The lowest BCUT2D eigenvalue weighted by molar-refractivity contribution is 0.472. The number of halogens is 1. The molecule has 3 nitrogen and oxygen atoms in total. The van der Waals surface area contributed by atoms with Crippen LogP contribution in [-0.4, -0.2) is 16.9 Å². The lowest BCUT2D eigenvalue weighted by Gasteiger charge is -2.21. The van der Waals surface area contributed by atoms with Crippen LogP contribution in [0, 0.1) is 5.82 Å². The fourth-order valence-corrected chi connectivity index (χ4v) is 2.52. The van der Waals surface area contributed by atoms with Crippen molar-refractivity contribution in [3.8, 4) is 5.75 Å². The molecule has 3 N–H and O–H groups in total. The molecule has 2 rings (SSSR count). The van der Waals surface area contributed by atoms with Crippen LogP contribution in [0.3, 0.4) is 0 Å². The SMILES string of the molecule is CC(C)N=C1CCCC/C1=C(/N)c1cc(O)ccc1F. The molecule has 1 aliphatic carbocycles. The molecule has 0 amide bonds. The molecule has 0 aromatic heterocycles. The summed E-state index contributed by atoms with van der Waals surface area (Å²) in [6, 6.07) is 4.13. The van der Waals surface area contributed by atoms with Gasteiger partial charge in [0, 0.05) is 23.0 Å². The summed E-state index contributed by atoms with van der Waals surface area (Å²) < 4.78 is 13.9. The number of phenolic OH excluding ortho intramolecular Hbond substituents is 1. The van der Waals surface area contributed by atoms with Gasteiger partial charge in [-0.15, -0.1) is 0 Å². The van der Waals surface area contributed by atoms with Gasteiger partial charge in [0.1, 0.15) is 11.6 Å². The quantitative estimate of drug-likeness (QED) is 0.866. The van der Waals surface area contributed by atoms with E-state index in [4.69, 9.17) is 5.73 Å². The van der Waals surface area contributed by atoms with E-state index in [1.54, 1.807) is 0 Å². The molecule has 0 bridgehead atoms. The number of rotatable bonds is 2. The van der Waals surface area contributed by atoms with E-state index in [0.29, 0.717) is 5.70 Å². The van der Waals surface area contributed by atoms with Gasteiger partial charge in [-0.05, 0) is 63.3 Å². The second-order valence-corrected chi connectivity index (χ2v) is 5.43. The Balaban J connectivity index is 2.50. The maximum Gasteiger partial charge on any atom is 0.132 e. The molecule has 1 aromatic rings. The minimum absolute atomic E-state index is 0.0168. The van der Waals surface area contributed by atoms with Crippen LogP contribution in [0.2, 0.25) is 0 Å². The largest absolute Gasteiger partial charge is 0.508 e. The molecule has 0 spiro atoms. The molecule has 0 saturated heterocycles. The van der Waals surface area contributed by atoms with Crippen LogP contribution < -0.4 is 5.73 Å². The molecule has 0 atom stereocenters. The Hall–Kier alpha value is -1.84. The van der Waals surface area contributed by atoms with E-state index < -0.39 is 5.82 Å². The summed E-state index contributed by atoms with van der Waals surface area (Å²) in [5, 5.41) is 9.52. The summed E-state index contributed by atoms with van der Waals surface area (Å²) in [5.74, 6) is -0.398. The highest BCUT2D eigenvalue weighted by molar-refractivity contribution is 6.06. The van der Waals surface area contributed by atoms with E-state index in [1.807, 2.05) is 13.8 Å². The van der Waals surface area contributed by atoms with Crippen molar-refractivity contribution < 1.29 is 9.50 Å². The van der Waals surface area contributed by atoms with E-state index in [9.17, 15) is 9.50 Å². The number of benzene rings is 1. The topological polar surface area (TPSA) is 58.6 Å². The molecule has 0 unspecified atom stereocenters. The molecule has 1 fully saturated rings. The lowest BCUT2D eigenvalue weighted by atomic mass is 9.89. The number of aliphatic imine (C=N–C) groups is 1. The average Bonchev–Trinajstić information content (AvgIpc) is 2.41. The zero-order chi connectivity index (χ0) is 14.7. The number of hydrogen-bond acceptors (Lipinski definition) is 3. The summed E-state index contributed by atoms with van der Waals surface area (Å²) in [5.41, 5.74) is 8.72. The molecule has 0 aliphatic heterocycles. The predicted molar refractivity (Wildman–Crippen MR) is 80.2 cm³/mol. The first kappa shape index (κ1) is 14.6. The van der Waals surface area contributed by atoms with Gasteiger partial charge in [0.2, 0.25) is 0 Å². The Labute approximate surface area is 119 Å². The van der Waals surface area contributed by atoms with E-state index in [0.717, 1.165) is 37.0 Å². The van der Waals surface area contributed by atoms with Gasteiger partial charge in [-0.25, -0.2) is 4.39 Å². The molecule has 1 aliphatic rings. The van der Waals surface area contributed by atoms with Crippen LogP contribution >= 0.6 is 0 Å². The Morgan fingerprint density at radius 2 is 2.00 bits per heavy atom. The summed E-state index contributed by atoms with van der Waals surface area (Å²) in [6.45, 7) is 4.04. The van der Waals surface area contributed by atoms with Crippen LogP contribution in [0.5, 0.6) is 5.75 Å². The standard InChI is InChI=1S/C16H21FN2O/c1-10(2)19-15-6-4-3-5-12(15)16(18)13-9-11(20)7-8-14(13)17/h7-10,20H,3-6,18H2,1-2H3/b16-12-,19-15?. The van der Waals surface area contributed by atoms with Crippen LogP contribution in [0.15, 0.2) is 28.8 Å². The van der Waals surface area contributed by atoms with Crippen molar-refractivity contribution in [2.45, 2.75) is 45.6 Å². The number of phenols is 1. The molecular formula is C16H21FN2O. The highest BCUT2D eigenvalue weighted by Crippen LogP contribution is 2.29. The van der Waals surface area contributed by atoms with Crippen molar-refractivity contribution in [3.05, 3.63) is 35.2 Å². The summed E-state index contributed by atoms with van der Waals surface area (Å²) >= 11 is 0. The van der Waals surface area contributed by atoms with Gasteiger partial charge in [-0.2, -0.15) is 0 Å². The molecule has 4 heteroatoms. The Bertz CT molecular complexity index is 562. The van der Waals surface area contributed by atoms with Gasteiger partial charge in [0.15, 0.2) is 0 Å². The molecular weight excluding hydrogens is 255 g/mol. The third kappa shape index (κ3) is 3.18. The normalized spacial score (nSPS) is 20.5. The molecule has 0 heterocycles. The number of hydrogen-bond donors (Lipinski definition) is 2. The highest BCUT2D eigenvalue weighted by Gasteiger charge is 2.19. The molecule has 1 aromatic carbocycles. The highest BCUT2D eigenvalue weighted by atomic mass is 19.1. The monoisotopic (exact) mass is 276 g/mol. The van der Waals surface area contributed by atoms with Crippen molar-refractivity contribution in [1.82, 2.24) is 0 Å². The third-order valence-electron chi connectivity index (χ3n) is 3.42. The smallest absolute Gasteiger partial charge is 0.132 e. The zero-order valence-corrected chi connectivity index (χ0v) is 12.0. The maximum atomic E-state index is 13.9. The lowest BCUT2D eigenvalue weighted by Crippen LogP contribution is -2.17. The van der Waals surface area contributed by atoms with Gasteiger partial charge in [-0.3, -0.25) is 4.99 Å². The summed E-state index contributed by atoms with van der Waals surface area (Å²) in [6.07, 6.45) is 3.82. The molecule has 20 heavy (non-hydrogen) atoms. The Morgan fingerprint density at radius 3 is 2.70 bits per heavy atom. The molecule has 108 valence electrons. The van der Waals surface area contributed by atoms with Gasteiger partial charge in [0.25, 0.3) is 0 Å². The van der Waals surface area contributed by atoms with Crippen molar-refractivity contribution in [3.63, 3.8) is 0 Å². The average molecular weight is 276 g/mol. The van der Waals surface area contributed by atoms with Gasteiger partial charge in [-0.1, -0.05) is 0 Å². The van der Waals surface area contributed by atoms with Crippen molar-refractivity contribution in [1.29, 1.82) is 0 Å². The number of nitrogens with two attached hydrogens (primary N) is 1. The number of aromatic hydroxyl groups is 1. The minimum atomic E-state index is -0.415. The van der Waals surface area contributed by atoms with Gasteiger partial charge in [0.05, 0.1) is 0 Å². The van der Waals surface area contributed by atoms with Crippen LogP contribution in [0.25, 0.3) is 5.70 Å². The van der Waals surface area contributed by atoms with E-state index in [1.165, 1.54) is 18.2 Å². The van der Waals surface area contributed by atoms with Crippen LogP contribution in [-0.2, 0) is 0 Å². The van der Waals surface area contributed by atoms with Crippen LogP contribution in [0.1, 0.15) is 45.1 Å². The first-order chi connectivity index (χ1) is 9.49. The Kier molecular flexibility index (Phi) is 4.42. The molecule has 0 radical (unpaired) electrons. The fourth-order valence-electron chi connectivity index (χ4n) is 2.52. The summed E-state index contributed by atoms with van der Waals surface area (Å²) in [7, 11) is 0. The first-order valence-corrected chi connectivity index (χ1v) is 7.03. The molecule has 1 saturated carbocycles. The van der Waals surface area contributed by atoms with E-state index in [2.05, 4.69) is 4.99 Å². The second-order valence-electron chi connectivity index (χ2n) is 5.43. The van der Waals surface area contributed by atoms with Gasteiger partial charge < -0.3 is 10.8 Å². The number of allylic oxidation sites excluding steroid dienone is 1. The first-order valence-electron chi connectivity index (χ1n) is 7.03. The van der Waals surface area contributed by atoms with Gasteiger partial charge >= 0.3 is 0 Å². The second kappa shape index (κ2) is 6.07. The van der Waals surface area contributed by atoms with Crippen molar-refractivity contribution in [2.75, 3.05) is 0 Å². The fraction of sp³-hybridized carbons (Fsp3) is 0.438.